The fraction of sp³-hybridized carbons (Fsp3) is 0.407. The van der Waals surface area contributed by atoms with Gasteiger partial charge in [-0.05, 0) is 67.7 Å². The van der Waals surface area contributed by atoms with Crippen LogP contribution in [-0.4, -0.2) is 20.6 Å². The SMILES string of the molecule is C=C1CC[C@H](O[Si](CC)(CC)CC)C/C1=C/CP(c1ccccc1)c1ccccc1. The summed E-state index contributed by atoms with van der Waals surface area (Å²) >= 11 is 0. The average molecular weight is 437 g/mol. The molecule has 3 heteroatoms. The fourth-order valence-corrected chi connectivity index (χ4v) is 9.54. The lowest BCUT2D eigenvalue weighted by molar-refractivity contribution is 0.170. The van der Waals surface area contributed by atoms with Crippen LogP contribution in [0.25, 0.3) is 0 Å². The first-order chi connectivity index (χ1) is 14.6. The van der Waals surface area contributed by atoms with Crippen molar-refractivity contribution in [3.63, 3.8) is 0 Å². The smallest absolute Gasteiger partial charge is 0.192 e. The summed E-state index contributed by atoms with van der Waals surface area (Å²) in [6.45, 7) is 11.4. The van der Waals surface area contributed by atoms with E-state index in [9.17, 15) is 0 Å². The first kappa shape index (κ1) is 23.2. The molecule has 3 rings (SSSR count). The summed E-state index contributed by atoms with van der Waals surface area (Å²) in [4.78, 5) is 0. The van der Waals surface area contributed by atoms with Crippen LogP contribution in [-0.2, 0) is 4.43 Å². The monoisotopic (exact) mass is 436 g/mol. The summed E-state index contributed by atoms with van der Waals surface area (Å²) in [6, 6.07) is 25.7. The van der Waals surface area contributed by atoms with E-state index < -0.39 is 16.2 Å². The number of benzene rings is 2. The summed E-state index contributed by atoms with van der Waals surface area (Å²) < 4.78 is 6.84. The summed E-state index contributed by atoms with van der Waals surface area (Å²) in [5.41, 5.74) is 2.76. The molecular weight excluding hydrogens is 399 g/mol. The van der Waals surface area contributed by atoms with E-state index in [0.29, 0.717) is 6.10 Å². The number of rotatable bonds is 9. The van der Waals surface area contributed by atoms with E-state index in [1.807, 2.05) is 0 Å². The fourth-order valence-electron chi connectivity index (χ4n) is 4.45. The Kier molecular flexibility index (Phi) is 8.68. The molecule has 1 aliphatic rings. The van der Waals surface area contributed by atoms with Crippen molar-refractivity contribution in [1.29, 1.82) is 0 Å². The largest absolute Gasteiger partial charge is 0.414 e. The Bertz CT molecular complexity index is 779. The molecule has 1 fully saturated rings. The van der Waals surface area contributed by atoms with Crippen LogP contribution in [0.3, 0.4) is 0 Å². The van der Waals surface area contributed by atoms with Crippen LogP contribution in [0.1, 0.15) is 40.0 Å². The highest BCUT2D eigenvalue weighted by molar-refractivity contribution is 7.73. The van der Waals surface area contributed by atoms with Crippen LogP contribution in [0, 0.1) is 0 Å². The van der Waals surface area contributed by atoms with E-state index in [4.69, 9.17) is 4.43 Å². The van der Waals surface area contributed by atoms with E-state index in [2.05, 4.69) is 94.1 Å². The number of hydrogen-bond acceptors (Lipinski definition) is 1. The van der Waals surface area contributed by atoms with Crippen molar-refractivity contribution in [2.75, 3.05) is 6.16 Å². The van der Waals surface area contributed by atoms with E-state index in [0.717, 1.165) is 25.4 Å². The molecule has 1 nitrogen and oxygen atoms in total. The van der Waals surface area contributed by atoms with E-state index in [1.54, 1.807) is 0 Å². The van der Waals surface area contributed by atoms with Crippen molar-refractivity contribution in [2.45, 2.75) is 64.3 Å². The van der Waals surface area contributed by atoms with Crippen LogP contribution in [0.15, 0.2) is 84.5 Å². The van der Waals surface area contributed by atoms with Gasteiger partial charge in [-0.1, -0.05) is 99.7 Å². The minimum absolute atomic E-state index is 0.382. The molecule has 30 heavy (non-hydrogen) atoms. The second-order valence-corrected chi connectivity index (χ2v) is 15.3. The Balaban J connectivity index is 1.78. The van der Waals surface area contributed by atoms with Crippen molar-refractivity contribution in [3.05, 3.63) is 84.5 Å². The topological polar surface area (TPSA) is 9.23 Å². The molecule has 1 aliphatic carbocycles. The first-order valence-corrected chi connectivity index (χ1v) is 15.6. The molecule has 0 radical (unpaired) electrons. The zero-order chi connectivity index (χ0) is 21.4. The van der Waals surface area contributed by atoms with Crippen molar-refractivity contribution >= 4 is 26.8 Å². The summed E-state index contributed by atoms with van der Waals surface area (Å²) in [5, 5.41) is 2.89. The third-order valence-corrected chi connectivity index (χ3v) is 13.8. The second kappa shape index (κ2) is 11.2. The zero-order valence-corrected chi connectivity index (χ0v) is 20.8. The van der Waals surface area contributed by atoms with E-state index in [-0.39, 0.29) is 0 Å². The third-order valence-electron chi connectivity index (χ3n) is 6.68. The maximum atomic E-state index is 6.84. The standard InChI is InChI=1S/C27H37OPSi/c1-5-30(6-2,7-3)28-25-19-18-23(4)24(22-25)20-21-29(26-14-10-8-11-15-26)27-16-12-9-13-17-27/h8-17,20,25H,4-7,18-19,21-22H2,1-3H3/b24-20-/t25-/m0/s1. The maximum absolute atomic E-state index is 6.84. The molecule has 1 atom stereocenters. The lowest BCUT2D eigenvalue weighted by Crippen LogP contribution is -2.40. The van der Waals surface area contributed by atoms with Gasteiger partial charge in [-0.15, -0.1) is 0 Å². The van der Waals surface area contributed by atoms with Crippen LogP contribution >= 0.6 is 7.92 Å². The summed E-state index contributed by atoms with van der Waals surface area (Å²) in [6.07, 6.45) is 7.19. The highest BCUT2D eigenvalue weighted by Crippen LogP contribution is 2.38. The molecule has 0 heterocycles. The Morgan fingerprint density at radius 3 is 1.97 bits per heavy atom. The Hall–Kier alpha value is -1.47. The maximum Gasteiger partial charge on any atom is 0.192 e. The van der Waals surface area contributed by atoms with Gasteiger partial charge in [-0.25, -0.2) is 0 Å². The molecule has 0 aliphatic heterocycles. The van der Waals surface area contributed by atoms with Gasteiger partial charge in [-0.3, -0.25) is 0 Å². The van der Waals surface area contributed by atoms with Crippen LogP contribution in [0.2, 0.25) is 18.1 Å². The third kappa shape index (κ3) is 5.81. The molecule has 0 spiro atoms. The highest BCUT2D eigenvalue weighted by Gasteiger charge is 2.33. The molecule has 0 bridgehead atoms. The highest BCUT2D eigenvalue weighted by atomic mass is 31.1. The predicted octanol–water partition coefficient (Wildman–Crippen LogP) is 7.18. The Morgan fingerprint density at radius 1 is 0.933 bits per heavy atom. The summed E-state index contributed by atoms with van der Waals surface area (Å²) in [7, 11) is -1.95. The van der Waals surface area contributed by atoms with Gasteiger partial charge in [0.25, 0.3) is 0 Å². The molecule has 0 N–H and O–H groups in total. The number of allylic oxidation sites excluding steroid dienone is 2. The van der Waals surface area contributed by atoms with Gasteiger partial charge in [0.05, 0.1) is 0 Å². The lowest BCUT2D eigenvalue weighted by atomic mass is 9.89. The van der Waals surface area contributed by atoms with E-state index in [1.165, 1.54) is 39.9 Å². The van der Waals surface area contributed by atoms with Crippen LogP contribution < -0.4 is 10.6 Å². The summed E-state index contributed by atoms with van der Waals surface area (Å²) in [5.74, 6) is 0. The molecule has 2 aromatic rings. The minimum atomic E-state index is -1.56. The van der Waals surface area contributed by atoms with Gasteiger partial charge in [0.2, 0.25) is 0 Å². The first-order valence-electron chi connectivity index (χ1n) is 11.5. The molecule has 0 unspecified atom stereocenters. The minimum Gasteiger partial charge on any atom is -0.414 e. The van der Waals surface area contributed by atoms with Gasteiger partial charge in [0.1, 0.15) is 0 Å². The van der Waals surface area contributed by atoms with Crippen LogP contribution in [0.4, 0.5) is 0 Å². The van der Waals surface area contributed by atoms with Crippen molar-refractivity contribution in [1.82, 2.24) is 0 Å². The second-order valence-electron chi connectivity index (χ2n) is 8.34. The lowest BCUT2D eigenvalue weighted by Gasteiger charge is -2.36. The quantitative estimate of drug-likeness (QED) is 0.299. The predicted molar refractivity (Wildman–Crippen MR) is 137 cm³/mol. The molecule has 1 saturated carbocycles. The van der Waals surface area contributed by atoms with Crippen molar-refractivity contribution in [2.24, 2.45) is 0 Å². The van der Waals surface area contributed by atoms with Gasteiger partial charge < -0.3 is 4.43 Å². The normalized spacial score (nSPS) is 18.9. The Labute approximate surface area is 186 Å². The average Bonchev–Trinajstić information content (AvgIpc) is 2.81. The van der Waals surface area contributed by atoms with Gasteiger partial charge in [0.15, 0.2) is 8.32 Å². The van der Waals surface area contributed by atoms with Gasteiger partial charge in [0, 0.05) is 6.10 Å². The van der Waals surface area contributed by atoms with E-state index >= 15 is 0 Å². The molecule has 0 aromatic heterocycles. The Morgan fingerprint density at radius 2 is 1.47 bits per heavy atom. The molecule has 2 aromatic carbocycles. The van der Waals surface area contributed by atoms with Crippen molar-refractivity contribution < 1.29 is 4.43 Å². The molecule has 0 saturated heterocycles. The zero-order valence-electron chi connectivity index (χ0n) is 18.9. The van der Waals surface area contributed by atoms with Gasteiger partial charge in [-0.2, -0.15) is 0 Å². The molecule has 0 amide bonds. The van der Waals surface area contributed by atoms with Gasteiger partial charge >= 0.3 is 0 Å². The van der Waals surface area contributed by atoms with Crippen molar-refractivity contribution in [3.8, 4) is 0 Å². The van der Waals surface area contributed by atoms with Crippen LogP contribution in [0.5, 0.6) is 0 Å². The molecular formula is C27H37OPSi. The molecule has 160 valence electrons. The number of hydrogen-bond donors (Lipinski definition) is 0.